The molecule has 2 heteroatoms. The summed E-state index contributed by atoms with van der Waals surface area (Å²) in [6.45, 7) is 0.333. The summed E-state index contributed by atoms with van der Waals surface area (Å²) in [6.07, 6.45) is 11.9. The van der Waals surface area contributed by atoms with E-state index in [0.717, 1.165) is 12.8 Å². The molecule has 0 saturated heterocycles. The van der Waals surface area contributed by atoms with Crippen LogP contribution >= 0.6 is 0 Å². The van der Waals surface area contributed by atoms with Crippen LogP contribution in [-0.4, -0.2) is 11.7 Å². The van der Waals surface area contributed by atoms with Gasteiger partial charge in [0.05, 0.1) is 0 Å². The molecule has 0 amide bonds. The van der Waals surface area contributed by atoms with Gasteiger partial charge in [0, 0.05) is 32.8 Å². The van der Waals surface area contributed by atoms with Crippen LogP contribution in [0.2, 0.25) is 0 Å². The Morgan fingerprint density at radius 1 is 1.09 bits per heavy atom. The van der Waals surface area contributed by atoms with Crippen LogP contribution in [0.4, 0.5) is 0 Å². The molecule has 1 rings (SSSR count). The predicted octanol–water partition coefficient (Wildman–Crippen LogP) is 1.89. The maximum Gasteiger partial charge on any atom is 0.0431 e. The number of hydrogen-bond acceptors (Lipinski definition) is 1. The first-order valence-corrected chi connectivity index (χ1v) is 3.89. The van der Waals surface area contributed by atoms with E-state index in [1.165, 1.54) is 6.42 Å². The molecule has 0 aliphatic heterocycles. The van der Waals surface area contributed by atoms with Gasteiger partial charge in [-0.3, -0.25) is 0 Å². The molecule has 0 saturated carbocycles. The van der Waals surface area contributed by atoms with Gasteiger partial charge in [0.2, 0.25) is 0 Å². The van der Waals surface area contributed by atoms with Crippen molar-refractivity contribution in [1.29, 1.82) is 0 Å². The van der Waals surface area contributed by atoms with E-state index in [9.17, 15) is 0 Å². The maximum atomic E-state index is 8.50. The molecule has 1 nitrogen and oxygen atoms in total. The van der Waals surface area contributed by atoms with Crippen LogP contribution in [0, 0.1) is 5.92 Å². The minimum atomic E-state index is 0. The third kappa shape index (κ3) is 4.71. The van der Waals surface area contributed by atoms with E-state index in [-0.39, 0.29) is 26.2 Å². The number of allylic oxidation sites excluding steroid dienone is 4. The Balaban J connectivity index is 0.000001000. The van der Waals surface area contributed by atoms with Crippen LogP contribution in [0.15, 0.2) is 24.3 Å². The molecule has 1 N–H and O–H groups in total. The van der Waals surface area contributed by atoms with E-state index in [1.54, 1.807) is 0 Å². The number of aliphatic hydroxyl groups is 1. The molecule has 0 aromatic rings. The molecule has 1 aliphatic rings. The SMILES string of the molecule is OCCCCC1C=CC=C1.[Zr]. The van der Waals surface area contributed by atoms with Crippen molar-refractivity contribution in [3.8, 4) is 0 Å². The quantitative estimate of drug-likeness (QED) is 0.730. The van der Waals surface area contributed by atoms with Crippen molar-refractivity contribution in [3.63, 3.8) is 0 Å². The molecule has 0 atom stereocenters. The Morgan fingerprint density at radius 2 is 1.73 bits per heavy atom. The van der Waals surface area contributed by atoms with Crippen molar-refractivity contribution in [1.82, 2.24) is 0 Å². The normalized spacial score (nSPS) is 15.4. The molecule has 0 radical (unpaired) electrons. The molecular weight excluding hydrogens is 215 g/mol. The number of aliphatic hydroxyl groups excluding tert-OH is 1. The third-order valence-corrected chi connectivity index (χ3v) is 1.77. The molecule has 11 heavy (non-hydrogen) atoms. The van der Waals surface area contributed by atoms with Crippen LogP contribution in [0.25, 0.3) is 0 Å². The van der Waals surface area contributed by atoms with Gasteiger partial charge >= 0.3 is 0 Å². The molecule has 0 bridgehead atoms. The predicted molar refractivity (Wildman–Crippen MR) is 42.7 cm³/mol. The monoisotopic (exact) mass is 228 g/mol. The first-order chi connectivity index (χ1) is 4.93. The van der Waals surface area contributed by atoms with Crippen LogP contribution in [0.5, 0.6) is 0 Å². The Kier molecular flexibility index (Phi) is 7.20. The van der Waals surface area contributed by atoms with E-state index in [2.05, 4.69) is 24.3 Å². The van der Waals surface area contributed by atoms with Gasteiger partial charge in [-0.2, -0.15) is 0 Å². The van der Waals surface area contributed by atoms with Gasteiger partial charge in [-0.15, -0.1) is 0 Å². The third-order valence-electron chi connectivity index (χ3n) is 1.77. The molecular formula is C9H14OZr. The minimum absolute atomic E-state index is 0. The van der Waals surface area contributed by atoms with E-state index in [1.807, 2.05) is 0 Å². The van der Waals surface area contributed by atoms with Crippen molar-refractivity contribution in [2.45, 2.75) is 19.3 Å². The second-order valence-electron chi connectivity index (χ2n) is 2.65. The average Bonchev–Trinajstić information content (AvgIpc) is 2.41. The summed E-state index contributed by atoms with van der Waals surface area (Å²) < 4.78 is 0. The average molecular weight is 229 g/mol. The van der Waals surface area contributed by atoms with E-state index >= 15 is 0 Å². The van der Waals surface area contributed by atoms with Gasteiger partial charge in [-0.1, -0.05) is 30.7 Å². The fraction of sp³-hybridized carbons (Fsp3) is 0.556. The van der Waals surface area contributed by atoms with Crippen molar-refractivity contribution < 1.29 is 31.3 Å². The Morgan fingerprint density at radius 3 is 2.27 bits per heavy atom. The largest absolute Gasteiger partial charge is 0.396 e. The van der Waals surface area contributed by atoms with Crippen LogP contribution in [0.1, 0.15) is 19.3 Å². The smallest absolute Gasteiger partial charge is 0.0431 e. The molecule has 1 aliphatic carbocycles. The fourth-order valence-corrected chi connectivity index (χ4v) is 1.16. The van der Waals surface area contributed by atoms with E-state index < -0.39 is 0 Å². The first kappa shape index (κ1) is 11.3. The second kappa shape index (κ2) is 7.00. The molecule has 0 aromatic carbocycles. The van der Waals surface area contributed by atoms with E-state index in [0.29, 0.717) is 12.5 Å². The van der Waals surface area contributed by atoms with Crippen LogP contribution < -0.4 is 0 Å². The standard InChI is InChI=1S/C9H14O.Zr/c10-8-4-3-7-9-5-1-2-6-9;/h1-2,5-6,9-10H,3-4,7-8H2;. The molecule has 0 spiro atoms. The Hall–Kier alpha value is 0.323. The molecule has 0 heterocycles. The van der Waals surface area contributed by atoms with Crippen LogP contribution in [-0.2, 0) is 26.2 Å². The number of unbranched alkanes of at least 4 members (excludes halogenated alkanes) is 1. The first-order valence-electron chi connectivity index (χ1n) is 3.89. The van der Waals surface area contributed by atoms with Gasteiger partial charge in [-0.25, -0.2) is 0 Å². The zero-order valence-electron chi connectivity index (χ0n) is 6.66. The Labute approximate surface area is 87.3 Å². The summed E-state index contributed by atoms with van der Waals surface area (Å²) in [5, 5.41) is 8.50. The minimum Gasteiger partial charge on any atom is -0.396 e. The Bertz CT molecular complexity index is 128. The van der Waals surface area contributed by atoms with E-state index in [4.69, 9.17) is 5.11 Å². The van der Waals surface area contributed by atoms with Gasteiger partial charge in [0.15, 0.2) is 0 Å². The number of hydrogen-bond donors (Lipinski definition) is 1. The second-order valence-corrected chi connectivity index (χ2v) is 2.65. The van der Waals surface area contributed by atoms with Crippen molar-refractivity contribution in [2.24, 2.45) is 5.92 Å². The van der Waals surface area contributed by atoms with Crippen molar-refractivity contribution >= 4 is 0 Å². The van der Waals surface area contributed by atoms with Gasteiger partial charge in [-0.05, 0) is 18.8 Å². The molecule has 0 aromatic heterocycles. The fourth-order valence-electron chi connectivity index (χ4n) is 1.16. The molecule has 0 unspecified atom stereocenters. The zero-order chi connectivity index (χ0) is 7.23. The molecule has 0 fully saturated rings. The zero-order valence-corrected chi connectivity index (χ0v) is 9.12. The topological polar surface area (TPSA) is 20.2 Å². The summed E-state index contributed by atoms with van der Waals surface area (Å²) in [5.74, 6) is 0.645. The van der Waals surface area contributed by atoms with Gasteiger partial charge < -0.3 is 5.11 Å². The van der Waals surface area contributed by atoms with Gasteiger partial charge in [0.25, 0.3) is 0 Å². The maximum absolute atomic E-state index is 8.50. The summed E-state index contributed by atoms with van der Waals surface area (Å²) in [4.78, 5) is 0. The summed E-state index contributed by atoms with van der Waals surface area (Å²) in [7, 11) is 0. The van der Waals surface area contributed by atoms with Crippen molar-refractivity contribution in [3.05, 3.63) is 24.3 Å². The number of rotatable bonds is 4. The summed E-state index contributed by atoms with van der Waals surface area (Å²) in [5.41, 5.74) is 0. The van der Waals surface area contributed by atoms with Crippen LogP contribution in [0.3, 0.4) is 0 Å². The molecule has 60 valence electrons. The van der Waals surface area contributed by atoms with Gasteiger partial charge in [0.1, 0.15) is 0 Å². The van der Waals surface area contributed by atoms with Crippen molar-refractivity contribution in [2.75, 3.05) is 6.61 Å². The summed E-state index contributed by atoms with van der Waals surface area (Å²) in [6, 6.07) is 0. The summed E-state index contributed by atoms with van der Waals surface area (Å²) >= 11 is 0.